The first-order valence-corrected chi connectivity index (χ1v) is 9.60. The van der Waals surface area contributed by atoms with E-state index in [9.17, 15) is 14.0 Å². The van der Waals surface area contributed by atoms with Crippen molar-refractivity contribution in [2.24, 2.45) is 0 Å². The van der Waals surface area contributed by atoms with Crippen molar-refractivity contribution in [2.45, 2.75) is 31.9 Å². The molecule has 2 saturated heterocycles. The van der Waals surface area contributed by atoms with E-state index in [4.69, 9.17) is 4.74 Å². The predicted molar refractivity (Wildman–Crippen MR) is 101 cm³/mol. The highest BCUT2D eigenvalue weighted by atomic mass is 19.1. The molecule has 8 heteroatoms. The fourth-order valence-electron chi connectivity index (χ4n) is 3.65. The van der Waals surface area contributed by atoms with Crippen LogP contribution in [-0.2, 0) is 6.61 Å². The Labute approximate surface area is 162 Å². The fourth-order valence-corrected chi connectivity index (χ4v) is 3.65. The number of carbonyl (C=O) groups excluding carboxylic acids is 1. The Morgan fingerprint density at radius 1 is 1.18 bits per heavy atom. The molecular weight excluding hydrogens is 363 g/mol. The number of likely N-dealkylation sites (tertiary alicyclic amines) is 2. The van der Waals surface area contributed by atoms with Crippen LogP contribution in [0.3, 0.4) is 0 Å². The first-order chi connectivity index (χ1) is 13.6. The molecular formula is C20H23FN4O3. The molecule has 0 spiro atoms. The second kappa shape index (κ2) is 8.10. The third-order valence-corrected chi connectivity index (χ3v) is 5.33. The molecule has 0 atom stereocenters. The Morgan fingerprint density at radius 3 is 2.57 bits per heavy atom. The van der Waals surface area contributed by atoms with Crippen LogP contribution in [-0.4, -0.2) is 57.9 Å². The van der Waals surface area contributed by atoms with Crippen molar-refractivity contribution in [3.05, 3.63) is 58.0 Å². The summed E-state index contributed by atoms with van der Waals surface area (Å²) >= 11 is 0. The average molecular weight is 386 g/mol. The Hall–Kier alpha value is -2.74. The summed E-state index contributed by atoms with van der Waals surface area (Å²) in [5, 5.41) is 0. The average Bonchev–Trinajstić information content (AvgIpc) is 2.67. The Kier molecular flexibility index (Phi) is 5.38. The van der Waals surface area contributed by atoms with Gasteiger partial charge in [0.05, 0.1) is 0 Å². The summed E-state index contributed by atoms with van der Waals surface area (Å²) in [5.41, 5.74) is -0.429. The molecule has 3 heterocycles. The van der Waals surface area contributed by atoms with Crippen LogP contribution in [0, 0.1) is 5.82 Å². The van der Waals surface area contributed by atoms with Gasteiger partial charge in [-0.2, -0.15) is 0 Å². The lowest BCUT2D eigenvalue weighted by molar-refractivity contribution is 0.0202. The van der Waals surface area contributed by atoms with Crippen LogP contribution in [0.25, 0.3) is 0 Å². The molecule has 148 valence electrons. The van der Waals surface area contributed by atoms with E-state index < -0.39 is 5.56 Å². The summed E-state index contributed by atoms with van der Waals surface area (Å²) in [6.07, 6.45) is 5.02. The van der Waals surface area contributed by atoms with E-state index in [1.807, 2.05) is 0 Å². The monoisotopic (exact) mass is 386 g/mol. The molecule has 4 rings (SSSR count). The van der Waals surface area contributed by atoms with Gasteiger partial charge in [-0.05, 0) is 50.2 Å². The number of ether oxygens (including phenoxy) is 1. The minimum absolute atomic E-state index is 0.0239. The lowest BCUT2D eigenvalue weighted by Gasteiger charge is -2.46. The normalized spacial score (nSPS) is 18.0. The Balaban J connectivity index is 1.33. The molecule has 2 aliphatic rings. The number of hydrogen-bond donors (Lipinski definition) is 1. The van der Waals surface area contributed by atoms with E-state index in [1.165, 1.54) is 49.7 Å². The molecule has 2 aromatic rings. The van der Waals surface area contributed by atoms with Gasteiger partial charge in [-0.15, -0.1) is 0 Å². The molecule has 1 N–H and O–H groups in total. The molecule has 0 aliphatic carbocycles. The van der Waals surface area contributed by atoms with Crippen LogP contribution >= 0.6 is 0 Å². The van der Waals surface area contributed by atoms with Gasteiger partial charge in [0.25, 0.3) is 11.5 Å². The van der Waals surface area contributed by atoms with E-state index in [0.717, 1.165) is 13.1 Å². The van der Waals surface area contributed by atoms with Crippen LogP contribution < -0.4 is 10.3 Å². The van der Waals surface area contributed by atoms with E-state index in [-0.39, 0.29) is 23.9 Å². The summed E-state index contributed by atoms with van der Waals surface area (Å²) in [4.78, 5) is 35.7. The maximum atomic E-state index is 12.9. The van der Waals surface area contributed by atoms with Gasteiger partial charge < -0.3 is 14.6 Å². The van der Waals surface area contributed by atoms with Gasteiger partial charge in [0.1, 0.15) is 29.6 Å². The van der Waals surface area contributed by atoms with Crippen LogP contribution in [0.15, 0.2) is 35.3 Å². The zero-order valence-corrected chi connectivity index (χ0v) is 15.6. The maximum Gasteiger partial charge on any atom is 0.263 e. The van der Waals surface area contributed by atoms with E-state index in [1.54, 1.807) is 4.90 Å². The first-order valence-electron chi connectivity index (χ1n) is 9.60. The number of amides is 1. The largest absolute Gasteiger partial charge is 0.486 e. The predicted octanol–water partition coefficient (Wildman–Crippen LogP) is 1.80. The SMILES string of the molecule is O=C(c1cnc(COc2ccc(F)cc2)[nH]c1=O)N1CC(N2CCCCC2)C1. The van der Waals surface area contributed by atoms with E-state index >= 15 is 0 Å². The highest BCUT2D eigenvalue weighted by molar-refractivity contribution is 5.94. The van der Waals surface area contributed by atoms with Gasteiger partial charge in [-0.3, -0.25) is 14.5 Å². The zero-order chi connectivity index (χ0) is 19.5. The number of nitrogens with one attached hydrogen (secondary N) is 1. The second-order valence-electron chi connectivity index (χ2n) is 7.28. The molecule has 1 aromatic carbocycles. The maximum absolute atomic E-state index is 12.9. The molecule has 1 aromatic heterocycles. The third kappa shape index (κ3) is 4.06. The number of nitrogens with zero attached hydrogens (tertiary/aromatic N) is 3. The number of hydrogen-bond acceptors (Lipinski definition) is 5. The third-order valence-electron chi connectivity index (χ3n) is 5.33. The van der Waals surface area contributed by atoms with E-state index in [0.29, 0.717) is 30.7 Å². The van der Waals surface area contributed by atoms with Crippen molar-refractivity contribution in [1.82, 2.24) is 19.8 Å². The fraction of sp³-hybridized carbons (Fsp3) is 0.450. The first kappa shape index (κ1) is 18.6. The molecule has 1 amide bonds. The van der Waals surface area contributed by atoms with Crippen molar-refractivity contribution in [2.75, 3.05) is 26.2 Å². The van der Waals surface area contributed by atoms with Crippen molar-refractivity contribution in [3.63, 3.8) is 0 Å². The zero-order valence-electron chi connectivity index (χ0n) is 15.6. The number of carbonyl (C=O) groups is 1. The van der Waals surface area contributed by atoms with Crippen molar-refractivity contribution < 1.29 is 13.9 Å². The summed E-state index contributed by atoms with van der Waals surface area (Å²) < 4.78 is 18.4. The van der Waals surface area contributed by atoms with Gasteiger partial charge in [-0.1, -0.05) is 6.42 Å². The van der Waals surface area contributed by atoms with Crippen LogP contribution in [0.4, 0.5) is 4.39 Å². The topological polar surface area (TPSA) is 78.5 Å². The molecule has 0 bridgehead atoms. The smallest absolute Gasteiger partial charge is 0.263 e. The molecule has 2 fully saturated rings. The second-order valence-corrected chi connectivity index (χ2v) is 7.28. The van der Waals surface area contributed by atoms with Gasteiger partial charge in [0, 0.05) is 25.3 Å². The Morgan fingerprint density at radius 2 is 1.89 bits per heavy atom. The number of piperidine rings is 1. The van der Waals surface area contributed by atoms with Crippen LogP contribution in [0.1, 0.15) is 35.4 Å². The standard InChI is InChI=1S/C20H23FN4O3/c21-14-4-6-16(7-5-14)28-13-18-22-10-17(19(26)23-18)20(27)25-11-15(12-25)24-8-2-1-3-9-24/h4-7,10,15H,1-3,8-9,11-13H2,(H,22,23,26). The number of rotatable bonds is 5. The highest BCUT2D eigenvalue weighted by Gasteiger charge is 2.36. The number of H-pyrrole nitrogens is 1. The van der Waals surface area contributed by atoms with Crippen LogP contribution in [0.5, 0.6) is 5.75 Å². The minimum Gasteiger partial charge on any atom is -0.486 e. The van der Waals surface area contributed by atoms with Gasteiger partial charge >= 0.3 is 0 Å². The van der Waals surface area contributed by atoms with E-state index in [2.05, 4.69) is 14.9 Å². The number of halogens is 1. The lowest BCUT2D eigenvalue weighted by atomic mass is 10.0. The molecule has 0 unspecified atom stereocenters. The Bertz CT molecular complexity index is 887. The number of aromatic amines is 1. The quantitative estimate of drug-likeness (QED) is 0.848. The number of aromatic nitrogens is 2. The van der Waals surface area contributed by atoms with Gasteiger partial charge in [0.2, 0.25) is 0 Å². The van der Waals surface area contributed by atoms with Crippen molar-refractivity contribution >= 4 is 5.91 Å². The summed E-state index contributed by atoms with van der Waals surface area (Å²) in [7, 11) is 0. The molecule has 0 saturated carbocycles. The van der Waals surface area contributed by atoms with Crippen molar-refractivity contribution in [3.8, 4) is 5.75 Å². The lowest BCUT2D eigenvalue weighted by Crippen LogP contribution is -2.62. The summed E-state index contributed by atoms with van der Waals surface area (Å²) in [6.45, 7) is 3.53. The van der Waals surface area contributed by atoms with Gasteiger partial charge in [-0.25, -0.2) is 9.37 Å². The van der Waals surface area contributed by atoms with Crippen LogP contribution in [0.2, 0.25) is 0 Å². The summed E-state index contributed by atoms with van der Waals surface area (Å²) in [6, 6.07) is 5.97. The van der Waals surface area contributed by atoms with Gasteiger partial charge in [0.15, 0.2) is 0 Å². The molecule has 2 aliphatic heterocycles. The number of benzene rings is 1. The van der Waals surface area contributed by atoms with Crippen molar-refractivity contribution in [1.29, 1.82) is 0 Å². The molecule has 7 nitrogen and oxygen atoms in total. The summed E-state index contributed by atoms with van der Waals surface area (Å²) in [5.74, 6) is 0.137. The highest BCUT2D eigenvalue weighted by Crippen LogP contribution is 2.21. The minimum atomic E-state index is -0.473. The molecule has 28 heavy (non-hydrogen) atoms. The molecule has 0 radical (unpaired) electrons.